The molecule has 2 rings (SSSR count). The van der Waals surface area contributed by atoms with Crippen LogP contribution in [0.3, 0.4) is 0 Å². The van der Waals surface area contributed by atoms with Gasteiger partial charge in [-0.3, -0.25) is 9.59 Å². The Kier molecular flexibility index (Phi) is 10.1. The molecule has 0 bridgehead atoms. The van der Waals surface area contributed by atoms with E-state index in [0.29, 0.717) is 18.1 Å². The summed E-state index contributed by atoms with van der Waals surface area (Å²) in [6, 6.07) is 4.65. The minimum Gasteiger partial charge on any atom is -0.490 e. The van der Waals surface area contributed by atoms with Gasteiger partial charge >= 0.3 is 5.97 Å². The smallest absolute Gasteiger partial charge is 0.338 e. The molecule has 1 saturated heterocycles. The number of likely N-dealkylation sites (tertiary alicyclic amines) is 1. The molecule has 172 valence electrons. The number of carbonyl (C=O) groups excluding carboxylic acids is 3. The van der Waals surface area contributed by atoms with Crippen molar-refractivity contribution in [1.82, 2.24) is 10.2 Å². The Morgan fingerprint density at radius 1 is 1.03 bits per heavy atom. The summed E-state index contributed by atoms with van der Waals surface area (Å²) < 4.78 is 16.4. The van der Waals surface area contributed by atoms with Crippen molar-refractivity contribution in [1.29, 1.82) is 0 Å². The molecule has 0 aromatic heterocycles. The normalized spacial score (nSPS) is 14.5. The number of esters is 1. The van der Waals surface area contributed by atoms with E-state index < -0.39 is 5.97 Å². The van der Waals surface area contributed by atoms with Gasteiger partial charge in [0.25, 0.3) is 11.8 Å². The molecule has 1 heterocycles. The van der Waals surface area contributed by atoms with E-state index >= 15 is 0 Å². The van der Waals surface area contributed by atoms with Gasteiger partial charge in [-0.1, -0.05) is 13.3 Å². The van der Waals surface area contributed by atoms with Gasteiger partial charge in [-0.15, -0.1) is 0 Å². The lowest BCUT2D eigenvalue weighted by Crippen LogP contribution is -2.38. The number of amides is 2. The van der Waals surface area contributed by atoms with Crippen molar-refractivity contribution in [3.8, 4) is 11.5 Å². The first kappa shape index (κ1) is 24.5. The van der Waals surface area contributed by atoms with Gasteiger partial charge < -0.3 is 24.4 Å². The molecule has 31 heavy (non-hydrogen) atoms. The van der Waals surface area contributed by atoms with Crippen LogP contribution in [0, 0.1) is 0 Å². The first-order chi connectivity index (χ1) is 14.9. The quantitative estimate of drug-likeness (QED) is 0.538. The highest BCUT2D eigenvalue weighted by atomic mass is 16.5. The molecule has 0 saturated carbocycles. The molecule has 8 nitrogen and oxygen atoms in total. The molecule has 2 amide bonds. The largest absolute Gasteiger partial charge is 0.490 e. The number of benzene rings is 1. The van der Waals surface area contributed by atoms with E-state index in [1.54, 1.807) is 6.07 Å². The second-order valence-corrected chi connectivity index (χ2v) is 7.66. The van der Waals surface area contributed by atoms with Crippen LogP contribution in [0.15, 0.2) is 18.2 Å². The highest BCUT2D eigenvalue weighted by Crippen LogP contribution is 2.29. The molecule has 1 fully saturated rings. The summed E-state index contributed by atoms with van der Waals surface area (Å²) in [4.78, 5) is 38.4. The molecule has 0 unspecified atom stereocenters. The molecule has 1 aromatic rings. The summed E-state index contributed by atoms with van der Waals surface area (Å²) in [5.41, 5.74) is 0.243. The van der Waals surface area contributed by atoms with Gasteiger partial charge in [0.1, 0.15) is 0 Å². The molecule has 0 radical (unpaired) electrons. The monoisotopic (exact) mass is 434 g/mol. The van der Waals surface area contributed by atoms with E-state index in [2.05, 4.69) is 5.32 Å². The lowest BCUT2D eigenvalue weighted by Gasteiger charge is -2.26. The van der Waals surface area contributed by atoms with Crippen molar-refractivity contribution >= 4 is 17.8 Å². The van der Waals surface area contributed by atoms with Crippen LogP contribution >= 0.6 is 0 Å². The number of ether oxygens (including phenoxy) is 3. The first-order valence-electron chi connectivity index (χ1n) is 11.1. The second-order valence-electron chi connectivity index (χ2n) is 7.66. The van der Waals surface area contributed by atoms with Crippen LogP contribution in [0.2, 0.25) is 0 Å². The number of hydrogen-bond acceptors (Lipinski definition) is 6. The molecule has 1 N–H and O–H groups in total. The van der Waals surface area contributed by atoms with Crippen molar-refractivity contribution in [2.24, 2.45) is 0 Å². The molecular formula is C23H34N2O6. The minimum absolute atomic E-state index is 0.0323. The fourth-order valence-electron chi connectivity index (χ4n) is 3.43. The summed E-state index contributed by atoms with van der Waals surface area (Å²) in [5.74, 6) is -0.293. The number of piperidine rings is 1. The minimum atomic E-state index is -0.629. The third kappa shape index (κ3) is 8.11. The third-order valence-corrected chi connectivity index (χ3v) is 5.00. The van der Waals surface area contributed by atoms with Crippen LogP contribution in [0.4, 0.5) is 0 Å². The van der Waals surface area contributed by atoms with E-state index in [-0.39, 0.29) is 36.6 Å². The average molecular weight is 435 g/mol. The van der Waals surface area contributed by atoms with Crippen LogP contribution in [-0.2, 0) is 14.3 Å². The van der Waals surface area contributed by atoms with Crippen molar-refractivity contribution in [2.75, 3.05) is 32.9 Å². The maximum Gasteiger partial charge on any atom is 0.338 e. The highest BCUT2D eigenvalue weighted by Gasteiger charge is 2.19. The van der Waals surface area contributed by atoms with Crippen molar-refractivity contribution < 1.29 is 28.6 Å². The number of hydrogen-bond donors (Lipinski definition) is 1. The fraction of sp³-hybridized carbons (Fsp3) is 0.609. The van der Waals surface area contributed by atoms with Gasteiger partial charge in [0.2, 0.25) is 0 Å². The Labute approximate surface area is 184 Å². The standard InChI is InChI=1S/C23H34N2O6/c1-4-9-17(3)24-21(26)15-31-23(28)18-10-11-19(20(14-18)29-5-2)30-16-22(27)25-12-7-6-8-13-25/h10-11,14,17H,4-9,12-13,15-16H2,1-3H3,(H,24,26)/t17-/m0/s1. The number of nitrogens with one attached hydrogen (secondary N) is 1. The molecular weight excluding hydrogens is 400 g/mol. The van der Waals surface area contributed by atoms with E-state index in [4.69, 9.17) is 14.2 Å². The number of rotatable bonds is 11. The van der Waals surface area contributed by atoms with Gasteiger partial charge in [0, 0.05) is 19.1 Å². The van der Waals surface area contributed by atoms with Crippen LogP contribution in [0.25, 0.3) is 0 Å². The topological polar surface area (TPSA) is 94.2 Å². The van der Waals surface area contributed by atoms with Crippen molar-refractivity contribution in [3.05, 3.63) is 23.8 Å². The van der Waals surface area contributed by atoms with Gasteiger partial charge in [-0.25, -0.2) is 4.79 Å². The zero-order chi connectivity index (χ0) is 22.6. The lowest BCUT2D eigenvalue weighted by molar-refractivity contribution is -0.134. The average Bonchev–Trinajstić information content (AvgIpc) is 2.77. The Morgan fingerprint density at radius 3 is 2.45 bits per heavy atom. The molecule has 1 aliphatic heterocycles. The second kappa shape index (κ2) is 12.8. The molecule has 0 aliphatic carbocycles. The fourth-order valence-corrected chi connectivity index (χ4v) is 3.43. The highest BCUT2D eigenvalue weighted by molar-refractivity contribution is 5.92. The summed E-state index contributed by atoms with van der Waals surface area (Å²) in [6.45, 7) is 7.22. The van der Waals surface area contributed by atoms with Crippen LogP contribution in [0.5, 0.6) is 11.5 Å². The Hall–Kier alpha value is -2.77. The van der Waals surface area contributed by atoms with Gasteiger partial charge in [0.05, 0.1) is 12.2 Å². The number of nitrogens with zero attached hydrogens (tertiary/aromatic N) is 1. The Balaban J connectivity index is 1.93. The van der Waals surface area contributed by atoms with Crippen molar-refractivity contribution in [2.45, 2.75) is 58.9 Å². The zero-order valence-corrected chi connectivity index (χ0v) is 18.8. The van der Waals surface area contributed by atoms with Crippen LogP contribution in [-0.4, -0.2) is 61.6 Å². The maximum atomic E-state index is 12.3. The van der Waals surface area contributed by atoms with Crippen molar-refractivity contribution in [3.63, 3.8) is 0 Å². The molecule has 1 atom stereocenters. The summed E-state index contributed by atoms with van der Waals surface area (Å²) >= 11 is 0. The molecule has 1 aromatic carbocycles. The maximum absolute atomic E-state index is 12.3. The SMILES string of the molecule is CCC[C@H](C)NC(=O)COC(=O)c1ccc(OCC(=O)N2CCCCC2)c(OCC)c1. The predicted molar refractivity (Wildman–Crippen MR) is 116 cm³/mol. The molecule has 0 spiro atoms. The summed E-state index contributed by atoms with van der Waals surface area (Å²) in [7, 11) is 0. The Bertz CT molecular complexity index is 746. The van der Waals surface area contributed by atoms with Crippen LogP contribution in [0.1, 0.15) is 63.2 Å². The van der Waals surface area contributed by atoms with E-state index in [1.807, 2.05) is 25.7 Å². The summed E-state index contributed by atoms with van der Waals surface area (Å²) in [5, 5.41) is 2.79. The van der Waals surface area contributed by atoms with Gasteiger partial charge in [-0.2, -0.15) is 0 Å². The molecule has 1 aliphatic rings. The zero-order valence-electron chi connectivity index (χ0n) is 18.8. The van der Waals surface area contributed by atoms with E-state index in [9.17, 15) is 14.4 Å². The lowest BCUT2D eigenvalue weighted by atomic mass is 10.1. The van der Waals surface area contributed by atoms with E-state index in [0.717, 1.165) is 45.2 Å². The Morgan fingerprint density at radius 2 is 1.77 bits per heavy atom. The molecule has 8 heteroatoms. The number of carbonyl (C=O) groups is 3. The van der Waals surface area contributed by atoms with Crippen LogP contribution < -0.4 is 14.8 Å². The van der Waals surface area contributed by atoms with E-state index in [1.165, 1.54) is 12.1 Å². The third-order valence-electron chi connectivity index (χ3n) is 5.00. The predicted octanol–water partition coefficient (Wildman–Crippen LogP) is 2.94. The van der Waals surface area contributed by atoms with Gasteiger partial charge in [0.15, 0.2) is 24.7 Å². The first-order valence-corrected chi connectivity index (χ1v) is 11.1. The summed E-state index contributed by atoms with van der Waals surface area (Å²) in [6.07, 6.45) is 5.00. The van der Waals surface area contributed by atoms with Gasteiger partial charge in [-0.05, 0) is 57.7 Å².